The van der Waals surface area contributed by atoms with E-state index in [4.69, 9.17) is 29.0 Å². The Morgan fingerprint density at radius 3 is 2.43 bits per heavy atom. The van der Waals surface area contributed by atoms with E-state index in [-0.39, 0.29) is 5.04 Å². The molecule has 0 saturated heterocycles. The molecule has 12 heteroatoms. The zero-order chi connectivity index (χ0) is 36.0. The molecule has 0 radical (unpaired) electrons. The summed E-state index contributed by atoms with van der Waals surface area (Å²) in [5.74, 6) is 1.27. The molecule has 0 amide bonds. The Balaban J connectivity index is 1.77. The van der Waals surface area contributed by atoms with Crippen molar-refractivity contribution in [2.75, 3.05) is 20.3 Å². The Labute approximate surface area is 295 Å². The van der Waals surface area contributed by atoms with E-state index in [1.54, 1.807) is 24.1 Å². The molecule has 0 bridgehead atoms. The first-order chi connectivity index (χ1) is 23.1. The minimum atomic E-state index is -1.97. The number of ether oxygens (including phenoxy) is 2. The molecule has 3 heterocycles. The zero-order valence-electron chi connectivity index (χ0n) is 30.8. The quantitative estimate of drug-likeness (QED) is 0.0700. The zero-order valence-corrected chi connectivity index (χ0v) is 32.6. The topological polar surface area (TPSA) is 106 Å². The van der Waals surface area contributed by atoms with Gasteiger partial charge in [0.25, 0.3) is 0 Å². The molecule has 49 heavy (non-hydrogen) atoms. The Hall–Kier alpha value is -2.87. The number of unbranched alkanes of at least 4 members (excludes halogenated alkanes) is 1. The summed E-state index contributed by atoms with van der Waals surface area (Å²) in [7, 11) is -0.339. The van der Waals surface area contributed by atoms with Gasteiger partial charge in [0.15, 0.2) is 14.1 Å². The highest BCUT2D eigenvalue weighted by Crippen LogP contribution is 2.37. The van der Waals surface area contributed by atoms with Crippen molar-refractivity contribution in [2.45, 2.75) is 109 Å². The minimum absolute atomic E-state index is 0.0874. The van der Waals surface area contributed by atoms with Crippen LogP contribution in [0.4, 0.5) is 4.39 Å². The van der Waals surface area contributed by atoms with Crippen molar-refractivity contribution in [2.24, 2.45) is 0 Å². The van der Waals surface area contributed by atoms with Crippen LogP contribution in [0.1, 0.15) is 85.2 Å². The third kappa shape index (κ3) is 9.89. The van der Waals surface area contributed by atoms with Gasteiger partial charge in [0.05, 0.1) is 47.4 Å². The fraction of sp³-hybridized carbons (Fsp3) is 0.541. The Morgan fingerprint density at radius 1 is 1.02 bits per heavy atom. The SMILES string of the molecule is CCCCC(F)[C@@H](N[S@+]([O-])C(C)(C)C)c1cccc(-c2cc(OCCOC)c3cnn(-c4cccc(CO[Si](C)(C)C(C)(C)C)n4)c3c2)n1. The Kier molecular flexibility index (Phi) is 13.1. The molecular weight excluding hydrogens is 658 g/mol. The number of nitrogens with one attached hydrogen (secondary N) is 1. The van der Waals surface area contributed by atoms with Crippen molar-refractivity contribution >= 4 is 30.6 Å². The highest BCUT2D eigenvalue weighted by molar-refractivity contribution is 7.90. The maximum absolute atomic E-state index is 15.8. The van der Waals surface area contributed by atoms with Gasteiger partial charge in [-0.1, -0.05) is 52.7 Å². The lowest BCUT2D eigenvalue weighted by Gasteiger charge is -2.36. The van der Waals surface area contributed by atoms with Crippen molar-refractivity contribution in [1.29, 1.82) is 0 Å². The van der Waals surface area contributed by atoms with Crippen LogP contribution in [0.3, 0.4) is 0 Å². The lowest BCUT2D eigenvalue weighted by Crippen LogP contribution is -2.44. The molecule has 0 fully saturated rings. The summed E-state index contributed by atoms with van der Waals surface area (Å²) in [6.45, 7) is 19.9. The summed E-state index contributed by atoms with van der Waals surface area (Å²) >= 11 is -1.49. The minimum Gasteiger partial charge on any atom is -0.598 e. The van der Waals surface area contributed by atoms with Crippen LogP contribution in [-0.2, 0) is 27.1 Å². The fourth-order valence-corrected chi connectivity index (χ4v) is 6.67. The standard InChI is InChI=1S/C37H54FN5O4SSi/c1-11-12-16-29(38)35(42-48(44)36(2,3)4)31-18-14-17-30(41-31)26-22-32-28(33(23-26)46-21-20-45-8)24-39-43(32)34-19-13-15-27(40-34)25-47-49(9,10)37(5,6)7/h13-15,17-19,22-24,29,35,42H,11-12,16,20-21,25H2,1-10H3/t29?,35-,48-/m1/s1. The fourth-order valence-electron chi connectivity index (χ4n) is 4.88. The number of pyridine rings is 2. The number of hydrogen-bond donors (Lipinski definition) is 1. The maximum atomic E-state index is 15.8. The number of aromatic nitrogens is 4. The van der Waals surface area contributed by atoms with Crippen LogP contribution in [0.2, 0.25) is 18.1 Å². The van der Waals surface area contributed by atoms with E-state index in [0.717, 1.165) is 35.0 Å². The van der Waals surface area contributed by atoms with Gasteiger partial charge >= 0.3 is 0 Å². The van der Waals surface area contributed by atoms with E-state index in [9.17, 15) is 4.55 Å². The summed E-state index contributed by atoms with van der Waals surface area (Å²) in [5, 5.41) is 5.63. The van der Waals surface area contributed by atoms with Gasteiger partial charge in [0.1, 0.15) is 29.3 Å². The summed E-state index contributed by atoms with van der Waals surface area (Å²) in [4.78, 5) is 9.87. The molecule has 3 atom stereocenters. The van der Waals surface area contributed by atoms with Gasteiger partial charge in [-0.25, -0.2) is 14.1 Å². The number of methoxy groups -OCH3 is 1. The number of fused-ring (bicyclic) bond motifs is 1. The lowest BCUT2D eigenvalue weighted by molar-refractivity contribution is 0.147. The van der Waals surface area contributed by atoms with Crippen molar-refractivity contribution in [1.82, 2.24) is 24.5 Å². The molecule has 3 aromatic heterocycles. The monoisotopic (exact) mass is 711 g/mol. The first-order valence-electron chi connectivity index (χ1n) is 17.1. The molecule has 0 aliphatic rings. The van der Waals surface area contributed by atoms with Crippen LogP contribution < -0.4 is 9.46 Å². The van der Waals surface area contributed by atoms with Crippen LogP contribution in [0.25, 0.3) is 28.0 Å². The van der Waals surface area contributed by atoms with E-state index >= 15 is 4.39 Å². The smallest absolute Gasteiger partial charge is 0.192 e. The van der Waals surface area contributed by atoms with Gasteiger partial charge in [-0.05, 0) is 81.7 Å². The number of halogens is 1. The second-order valence-corrected chi connectivity index (χ2v) is 21.7. The number of benzene rings is 1. The predicted octanol–water partition coefficient (Wildman–Crippen LogP) is 8.65. The van der Waals surface area contributed by atoms with Gasteiger partial charge in [-0.15, -0.1) is 4.72 Å². The molecule has 1 unspecified atom stereocenters. The number of nitrogens with zero attached hydrogens (tertiary/aromatic N) is 4. The third-order valence-electron chi connectivity index (χ3n) is 8.96. The van der Waals surface area contributed by atoms with Crippen LogP contribution in [0, 0.1) is 0 Å². The van der Waals surface area contributed by atoms with E-state index in [1.165, 1.54) is 0 Å². The van der Waals surface area contributed by atoms with E-state index < -0.39 is 36.6 Å². The lowest BCUT2D eigenvalue weighted by atomic mass is 10.0. The third-order valence-corrected chi connectivity index (χ3v) is 15.0. The number of hydrogen-bond acceptors (Lipinski definition) is 8. The number of rotatable bonds is 16. The Bertz CT molecular complexity index is 1670. The van der Waals surface area contributed by atoms with Crippen LogP contribution >= 0.6 is 0 Å². The van der Waals surface area contributed by atoms with Gasteiger partial charge < -0.3 is 18.5 Å². The largest absolute Gasteiger partial charge is 0.598 e. The van der Waals surface area contributed by atoms with Crippen LogP contribution in [-0.4, -0.2) is 63.9 Å². The van der Waals surface area contributed by atoms with Gasteiger partial charge in [0, 0.05) is 24.0 Å². The van der Waals surface area contributed by atoms with Crippen molar-refractivity contribution in [3.63, 3.8) is 0 Å². The normalized spacial score (nSPS) is 14.6. The van der Waals surface area contributed by atoms with Crippen LogP contribution in [0.5, 0.6) is 5.75 Å². The molecule has 268 valence electrons. The van der Waals surface area contributed by atoms with Gasteiger partial charge in [0.2, 0.25) is 0 Å². The summed E-state index contributed by atoms with van der Waals surface area (Å²) in [6.07, 6.45) is 2.45. The first kappa shape index (κ1) is 38.9. The molecule has 4 aromatic rings. The van der Waals surface area contributed by atoms with Crippen LogP contribution in [0.15, 0.2) is 54.7 Å². The molecule has 0 saturated carbocycles. The molecule has 0 aliphatic heterocycles. The maximum Gasteiger partial charge on any atom is 0.192 e. The van der Waals surface area contributed by atoms with E-state index in [1.807, 2.05) is 70.2 Å². The van der Waals surface area contributed by atoms with Crippen molar-refractivity contribution in [3.05, 3.63) is 66.1 Å². The average Bonchev–Trinajstić information content (AvgIpc) is 3.49. The van der Waals surface area contributed by atoms with Crippen molar-refractivity contribution < 1.29 is 22.8 Å². The van der Waals surface area contributed by atoms with E-state index in [0.29, 0.717) is 49.2 Å². The number of alkyl halides is 1. The molecule has 1 aromatic carbocycles. The second kappa shape index (κ2) is 16.4. The summed E-state index contributed by atoms with van der Waals surface area (Å²) in [6, 6.07) is 14.5. The van der Waals surface area contributed by atoms with Crippen molar-refractivity contribution in [3.8, 4) is 22.8 Å². The summed E-state index contributed by atoms with van der Waals surface area (Å²) in [5.41, 5.74) is 3.49. The summed E-state index contributed by atoms with van der Waals surface area (Å²) < 4.78 is 51.1. The first-order valence-corrected chi connectivity index (χ1v) is 21.1. The van der Waals surface area contributed by atoms with Gasteiger partial charge in [-0.2, -0.15) is 5.10 Å². The molecule has 9 nitrogen and oxygen atoms in total. The molecule has 0 spiro atoms. The average molecular weight is 712 g/mol. The highest BCUT2D eigenvalue weighted by atomic mass is 32.2. The predicted molar refractivity (Wildman–Crippen MR) is 200 cm³/mol. The highest BCUT2D eigenvalue weighted by Gasteiger charge is 2.37. The van der Waals surface area contributed by atoms with E-state index in [2.05, 4.69) is 38.6 Å². The second-order valence-electron chi connectivity index (χ2n) is 14.9. The molecule has 0 aliphatic carbocycles. The molecule has 4 rings (SSSR count). The Morgan fingerprint density at radius 2 is 1.76 bits per heavy atom. The molecule has 1 N–H and O–H groups in total. The molecular formula is C37H54FN5O4SSi. The van der Waals surface area contributed by atoms with Gasteiger partial charge in [-0.3, -0.25) is 4.98 Å².